The standard InChI is InChI=1S/C22H20ClN5O2/c1-14-19(23)20(21-25-24-15(2)30-21)26-28(14)18-11-9-17(10-12-18)22(29)27(3)13-16-7-5-4-6-8-16/h4-12H,13H2,1-3H3. The first-order valence-electron chi connectivity index (χ1n) is 9.39. The summed E-state index contributed by atoms with van der Waals surface area (Å²) in [5, 5.41) is 12.8. The van der Waals surface area contributed by atoms with E-state index < -0.39 is 0 Å². The van der Waals surface area contributed by atoms with Crippen LogP contribution in [-0.4, -0.2) is 37.8 Å². The highest BCUT2D eigenvalue weighted by atomic mass is 35.5. The van der Waals surface area contributed by atoms with Gasteiger partial charge in [0.1, 0.15) is 0 Å². The summed E-state index contributed by atoms with van der Waals surface area (Å²) in [5.74, 6) is 0.659. The average molecular weight is 422 g/mol. The highest BCUT2D eigenvalue weighted by molar-refractivity contribution is 6.33. The SMILES string of the molecule is Cc1nnc(-c2nn(-c3ccc(C(=O)N(C)Cc4ccccc4)cc3)c(C)c2Cl)o1. The lowest BCUT2D eigenvalue weighted by atomic mass is 10.1. The monoisotopic (exact) mass is 421 g/mol. The summed E-state index contributed by atoms with van der Waals surface area (Å²) in [6.07, 6.45) is 0. The van der Waals surface area contributed by atoms with Gasteiger partial charge < -0.3 is 9.32 Å². The molecule has 0 unspecified atom stereocenters. The Hall–Kier alpha value is -3.45. The average Bonchev–Trinajstić information content (AvgIpc) is 3.31. The van der Waals surface area contributed by atoms with Crippen LogP contribution in [0.1, 0.15) is 27.5 Å². The second-order valence-electron chi connectivity index (χ2n) is 6.98. The molecule has 2 aromatic heterocycles. The molecular weight excluding hydrogens is 402 g/mol. The maximum Gasteiger partial charge on any atom is 0.269 e. The van der Waals surface area contributed by atoms with Crippen molar-refractivity contribution < 1.29 is 9.21 Å². The molecule has 152 valence electrons. The summed E-state index contributed by atoms with van der Waals surface area (Å²) in [7, 11) is 1.79. The van der Waals surface area contributed by atoms with Gasteiger partial charge in [-0.25, -0.2) is 4.68 Å². The van der Waals surface area contributed by atoms with Crippen molar-refractivity contribution in [3.05, 3.63) is 82.3 Å². The number of hydrogen-bond donors (Lipinski definition) is 0. The summed E-state index contributed by atoms with van der Waals surface area (Å²) in [6, 6.07) is 17.1. The minimum Gasteiger partial charge on any atom is -0.420 e. The van der Waals surface area contributed by atoms with E-state index >= 15 is 0 Å². The third-order valence-electron chi connectivity index (χ3n) is 4.74. The van der Waals surface area contributed by atoms with Gasteiger partial charge in [0.15, 0.2) is 5.69 Å². The lowest BCUT2D eigenvalue weighted by molar-refractivity contribution is 0.0785. The number of halogens is 1. The lowest BCUT2D eigenvalue weighted by Crippen LogP contribution is -2.26. The van der Waals surface area contributed by atoms with Crippen molar-refractivity contribution in [3.8, 4) is 17.3 Å². The van der Waals surface area contributed by atoms with E-state index in [2.05, 4.69) is 15.3 Å². The molecule has 0 fully saturated rings. The van der Waals surface area contributed by atoms with E-state index in [4.69, 9.17) is 16.0 Å². The Kier molecular flexibility index (Phi) is 5.37. The van der Waals surface area contributed by atoms with Crippen LogP contribution in [0.2, 0.25) is 5.02 Å². The summed E-state index contributed by atoms with van der Waals surface area (Å²) >= 11 is 6.44. The number of rotatable bonds is 5. The predicted octanol–water partition coefficient (Wildman–Crippen LogP) is 4.46. The van der Waals surface area contributed by atoms with Crippen molar-refractivity contribution in [2.75, 3.05) is 7.05 Å². The van der Waals surface area contributed by atoms with E-state index in [1.807, 2.05) is 49.4 Å². The lowest BCUT2D eigenvalue weighted by Gasteiger charge is -2.17. The fourth-order valence-corrected chi connectivity index (χ4v) is 3.36. The van der Waals surface area contributed by atoms with Crippen molar-refractivity contribution in [2.45, 2.75) is 20.4 Å². The number of benzene rings is 2. The Morgan fingerprint density at radius 1 is 1.07 bits per heavy atom. The Morgan fingerprint density at radius 2 is 1.77 bits per heavy atom. The molecule has 0 aliphatic rings. The molecule has 0 spiro atoms. The van der Waals surface area contributed by atoms with Crippen LogP contribution in [0, 0.1) is 13.8 Å². The quantitative estimate of drug-likeness (QED) is 0.475. The topological polar surface area (TPSA) is 77.1 Å². The molecule has 0 aliphatic heterocycles. The van der Waals surface area contributed by atoms with Gasteiger partial charge in [0.05, 0.1) is 16.4 Å². The van der Waals surface area contributed by atoms with E-state index in [9.17, 15) is 4.79 Å². The molecule has 0 saturated carbocycles. The van der Waals surface area contributed by atoms with Crippen LogP contribution in [0.4, 0.5) is 0 Å². The molecule has 1 amide bonds. The number of aromatic nitrogens is 4. The molecule has 4 rings (SSSR count). The van der Waals surface area contributed by atoms with Crippen molar-refractivity contribution in [1.82, 2.24) is 24.9 Å². The fourth-order valence-electron chi connectivity index (χ4n) is 3.16. The van der Waals surface area contributed by atoms with Crippen molar-refractivity contribution in [1.29, 1.82) is 0 Å². The molecule has 2 heterocycles. The number of carbonyl (C=O) groups is 1. The van der Waals surface area contributed by atoms with Crippen molar-refractivity contribution in [3.63, 3.8) is 0 Å². The Balaban J connectivity index is 1.56. The number of nitrogens with zero attached hydrogens (tertiary/aromatic N) is 5. The first-order chi connectivity index (χ1) is 14.4. The normalized spacial score (nSPS) is 10.9. The number of aryl methyl sites for hydroxylation is 1. The molecule has 0 atom stereocenters. The zero-order chi connectivity index (χ0) is 21.3. The summed E-state index contributed by atoms with van der Waals surface area (Å²) < 4.78 is 7.14. The van der Waals surface area contributed by atoms with Crippen LogP contribution in [-0.2, 0) is 6.54 Å². The van der Waals surface area contributed by atoms with Gasteiger partial charge in [0, 0.05) is 26.1 Å². The fraction of sp³-hybridized carbons (Fsp3) is 0.182. The zero-order valence-electron chi connectivity index (χ0n) is 16.8. The largest absolute Gasteiger partial charge is 0.420 e. The first kappa shape index (κ1) is 19.8. The molecule has 2 aromatic carbocycles. The first-order valence-corrected chi connectivity index (χ1v) is 9.77. The second kappa shape index (κ2) is 8.12. The van der Waals surface area contributed by atoms with Crippen molar-refractivity contribution in [2.24, 2.45) is 0 Å². The highest BCUT2D eigenvalue weighted by Crippen LogP contribution is 2.30. The van der Waals surface area contributed by atoms with E-state index in [1.165, 1.54) is 0 Å². The second-order valence-corrected chi connectivity index (χ2v) is 7.36. The summed E-state index contributed by atoms with van der Waals surface area (Å²) in [5.41, 5.74) is 3.62. The van der Waals surface area contributed by atoms with Gasteiger partial charge in [-0.15, -0.1) is 10.2 Å². The predicted molar refractivity (Wildman–Crippen MR) is 114 cm³/mol. The molecule has 8 heteroatoms. The van der Waals surface area contributed by atoms with Gasteiger partial charge in [-0.1, -0.05) is 41.9 Å². The minimum atomic E-state index is -0.0531. The number of amides is 1. The molecule has 30 heavy (non-hydrogen) atoms. The molecule has 0 bridgehead atoms. The van der Waals surface area contributed by atoms with E-state index in [-0.39, 0.29) is 11.8 Å². The van der Waals surface area contributed by atoms with Gasteiger partial charge in [0.25, 0.3) is 11.8 Å². The van der Waals surface area contributed by atoms with Crippen LogP contribution >= 0.6 is 11.6 Å². The van der Waals surface area contributed by atoms with Crippen LogP contribution in [0.25, 0.3) is 17.3 Å². The van der Waals surface area contributed by atoms with Gasteiger partial charge in [-0.3, -0.25) is 4.79 Å². The molecule has 0 aliphatic carbocycles. The number of carbonyl (C=O) groups excluding carboxylic acids is 1. The highest BCUT2D eigenvalue weighted by Gasteiger charge is 2.20. The van der Waals surface area contributed by atoms with Gasteiger partial charge in [-0.2, -0.15) is 5.10 Å². The van der Waals surface area contributed by atoms with Crippen molar-refractivity contribution >= 4 is 17.5 Å². The Morgan fingerprint density at radius 3 is 2.40 bits per heavy atom. The molecule has 0 saturated heterocycles. The van der Waals surface area contributed by atoms with Crippen LogP contribution < -0.4 is 0 Å². The maximum atomic E-state index is 12.8. The van der Waals surface area contributed by atoms with Gasteiger partial charge in [0.2, 0.25) is 5.89 Å². The Labute approximate surface area is 178 Å². The smallest absolute Gasteiger partial charge is 0.269 e. The van der Waals surface area contributed by atoms with Crippen LogP contribution in [0.15, 0.2) is 59.0 Å². The third-order valence-corrected chi connectivity index (χ3v) is 5.19. The molecule has 7 nitrogen and oxygen atoms in total. The summed E-state index contributed by atoms with van der Waals surface area (Å²) in [4.78, 5) is 14.5. The van der Waals surface area contributed by atoms with Crippen LogP contribution in [0.3, 0.4) is 0 Å². The Bertz CT molecular complexity index is 1180. The van der Waals surface area contributed by atoms with E-state index in [0.29, 0.717) is 28.7 Å². The van der Waals surface area contributed by atoms with Crippen LogP contribution in [0.5, 0.6) is 0 Å². The number of hydrogen-bond acceptors (Lipinski definition) is 5. The molecule has 0 N–H and O–H groups in total. The third kappa shape index (κ3) is 3.84. The zero-order valence-corrected chi connectivity index (χ0v) is 17.6. The minimum absolute atomic E-state index is 0.0531. The maximum absolute atomic E-state index is 12.8. The molecule has 4 aromatic rings. The van der Waals surface area contributed by atoms with E-state index in [0.717, 1.165) is 16.9 Å². The van der Waals surface area contributed by atoms with Gasteiger partial charge >= 0.3 is 0 Å². The van der Waals surface area contributed by atoms with E-state index in [1.54, 1.807) is 35.7 Å². The van der Waals surface area contributed by atoms with Gasteiger partial charge in [-0.05, 0) is 36.8 Å². The summed E-state index contributed by atoms with van der Waals surface area (Å²) in [6.45, 7) is 4.11. The molecular formula is C22H20ClN5O2. The molecule has 0 radical (unpaired) electrons.